The average molecular weight is 586 g/mol. The fraction of sp³-hybridized carbons (Fsp3) is 0.226. The normalized spacial score (nSPS) is 17.2. The number of anilines is 3. The Morgan fingerprint density at radius 1 is 1.07 bits per heavy atom. The number of rotatable bonds is 4. The van der Waals surface area contributed by atoms with Gasteiger partial charge in [0.05, 0.1) is 10.6 Å². The minimum Gasteiger partial charge on any atom is -0.507 e. The number of aromatic amines is 2. The van der Waals surface area contributed by atoms with Gasteiger partial charge in [0.2, 0.25) is 0 Å². The maximum absolute atomic E-state index is 13.9. The summed E-state index contributed by atoms with van der Waals surface area (Å²) in [7, 11) is 0. The molecule has 208 valence electrons. The van der Waals surface area contributed by atoms with Crippen molar-refractivity contribution in [1.29, 1.82) is 0 Å². The first-order chi connectivity index (χ1) is 19.6. The Labute approximate surface area is 245 Å². The number of fused-ring (bicyclic) bond motifs is 5. The second-order valence-electron chi connectivity index (χ2n) is 11.4. The van der Waals surface area contributed by atoms with Gasteiger partial charge in [-0.05, 0) is 59.7 Å². The average Bonchev–Trinajstić information content (AvgIpc) is 3.70. The molecule has 0 aliphatic carbocycles. The molecule has 2 aromatic heterocycles. The second-order valence-corrected chi connectivity index (χ2v) is 12.7. The first-order valence-electron chi connectivity index (χ1n) is 13.4. The summed E-state index contributed by atoms with van der Waals surface area (Å²) in [6.07, 6.45) is 0. The van der Waals surface area contributed by atoms with Gasteiger partial charge < -0.3 is 31.0 Å². The van der Waals surface area contributed by atoms with Gasteiger partial charge in [0.15, 0.2) is 0 Å². The van der Waals surface area contributed by atoms with E-state index in [1.165, 1.54) is 0 Å². The summed E-state index contributed by atoms with van der Waals surface area (Å²) in [6, 6.07) is 16.2. The summed E-state index contributed by atoms with van der Waals surface area (Å²) in [5, 5.41) is 15.4. The molecule has 4 heterocycles. The van der Waals surface area contributed by atoms with Gasteiger partial charge in [-0.15, -0.1) is 23.4 Å². The lowest BCUT2D eigenvalue weighted by molar-refractivity contribution is 0.0982. The molecule has 1 atom stereocenters. The molecule has 2 aliphatic heterocycles. The number of carbonyl (C=O) groups excluding carboxylic acids is 2. The Morgan fingerprint density at radius 3 is 2.56 bits per heavy atom. The van der Waals surface area contributed by atoms with Crippen LogP contribution in [-0.2, 0) is 5.41 Å². The summed E-state index contributed by atoms with van der Waals surface area (Å²) in [6.45, 7) is 4.79. The lowest BCUT2D eigenvalue weighted by Crippen LogP contribution is -2.30. The van der Waals surface area contributed by atoms with Crippen molar-refractivity contribution in [2.24, 2.45) is 0 Å². The molecule has 0 saturated heterocycles. The van der Waals surface area contributed by atoms with Crippen LogP contribution in [0.15, 0.2) is 59.5 Å². The molecule has 0 spiro atoms. The monoisotopic (exact) mass is 585 g/mol. The first-order valence-corrected chi connectivity index (χ1v) is 14.9. The van der Waals surface area contributed by atoms with E-state index in [1.54, 1.807) is 47.0 Å². The summed E-state index contributed by atoms with van der Waals surface area (Å²) >= 11 is 8.08. The van der Waals surface area contributed by atoms with Gasteiger partial charge >= 0.3 is 0 Å². The van der Waals surface area contributed by atoms with Gasteiger partial charge in [-0.25, -0.2) is 0 Å². The molecule has 7 rings (SSSR count). The number of halogens is 1. The molecular formula is C31H28ClN5O3S. The van der Waals surface area contributed by atoms with E-state index in [4.69, 9.17) is 17.3 Å². The second kappa shape index (κ2) is 9.22. The van der Waals surface area contributed by atoms with Crippen LogP contribution < -0.4 is 16.0 Å². The number of amides is 2. The van der Waals surface area contributed by atoms with Gasteiger partial charge in [0.25, 0.3) is 11.8 Å². The number of phenolic OH excluding ortho intramolecular Hbond substituents is 1. The molecule has 0 radical (unpaired) electrons. The fourth-order valence-corrected chi connectivity index (χ4v) is 7.74. The van der Waals surface area contributed by atoms with E-state index in [9.17, 15) is 14.7 Å². The number of nitrogens with one attached hydrogen (secondary N) is 3. The predicted octanol–water partition coefficient (Wildman–Crippen LogP) is 6.56. The van der Waals surface area contributed by atoms with E-state index in [2.05, 4.69) is 29.1 Å². The Kier molecular flexibility index (Phi) is 5.82. The van der Waals surface area contributed by atoms with Crippen molar-refractivity contribution in [2.75, 3.05) is 34.1 Å². The number of aromatic nitrogens is 2. The zero-order chi connectivity index (χ0) is 28.6. The minimum absolute atomic E-state index is 0.0183. The van der Waals surface area contributed by atoms with E-state index in [-0.39, 0.29) is 28.9 Å². The molecule has 10 heteroatoms. The Hall–Kier alpha value is -4.08. The van der Waals surface area contributed by atoms with Crippen molar-refractivity contribution >= 4 is 74.0 Å². The molecule has 2 amide bonds. The topological polar surface area (TPSA) is 127 Å². The number of hydrogen-bond donors (Lipinski definition) is 5. The van der Waals surface area contributed by atoms with Crippen LogP contribution in [0.3, 0.4) is 0 Å². The zero-order valence-corrected chi connectivity index (χ0v) is 24.0. The van der Waals surface area contributed by atoms with Gasteiger partial charge in [0.1, 0.15) is 17.1 Å². The number of nitrogen functional groups attached to an aromatic ring is 1. The van der Waals surface area contributed by atoms with E-state index in [0.717, 1.165) is 49.3 Å². The fourth-order valence-electron chi connectivity index (χ4n) is 6.10. The molecule has 6 N–H and O–H groups in total. The smallest absolute Gasteiger partial charge is 0.274 e. The van der Waals surface area contributed by atoms with E-state index in [0.29, 0.717) is 35.2 Å². The molecule has 0 bridgehead atoms. The highest BCUT2D eigenvalue weighted by Crippen LogP contribution is 2.56. The van der Waals surface area contributed by atoms with Crippen LogP contribution >= 0.6 is 23.4 Å². The number of nitrogens with two attached hydrogens (primary N) is 1. The highest BCUT2D eigenvalue weighted by molar-refractivity contribution is 7.99. The highest BCUT2D eigenvalue weighted by Gasteiger charge is 2.43. The first kappa shape index (κ1) is 25.9. The van der Waals surface area contributed by atoms with Crippen LogP contribution in [0, 0.1) is 0 Å². The van der Waals surface area contributed by atoms with Crippen molar-refractivity contribution in [3.8, 4) is 5.75 Å². The number of aromatic hydroxyl groups is 1. The molecule has 41 heavy (non-hydrogen) atoms. The quantitative estimate of drug-likeness (QED) is 0.121. The van der Waals surface area contributed by atoms with E-state index >= 15 is 0 Å². The standard InChI is InChI=1S/C31H28ClN5O3S/c1-31(2)14-41-28-25(38)11-24-26(27(28)31)17(12-32)13-37(24)30(40)23-10-16-8-19(4-6-21(16)36-23)34-29(39)22-9-15-7-18(33)3-5-20(15)35-22/h3-11,17,35-36,38H,12-14,33H2,1-2H3,(H,34,39)/t17-/m1/s1. The minimum atomic E-state index is -0.278. The van der Waals surface area contributed by atoms with E-state index < -0.39 is 0 Å². The third-order valence-electron chi connectivity index (χ3n) is 8.06. The van der Waals surface area contributed by atoms with Gasteiger partial charge in [0, 0.05) is 68.8 Å². The van der Waals surface area contributed by atoms with Gasteiger partial charge in [-0.2, -0.15) is 0 Å². The molecule has 3 aromatic carbocycles. The van der Waals surface area contributed by atoms with Crippen LogP contribution in [0.4, 0.5) is 17.1 Å². The Morgan fingerprint density at radius 2 is 1.78 bits per heavy atom. The Balaban J connectivity index is 1.18. The summed E-state index contributed by atoms with van der Waals surface area (Å²) in [5.41, 5.74) is 12.3. The van der Waals surface area contributed by atoms with Crippen LogP contribution in [0.5, 0.6) is 5.75 Å². The van der Waals surface area contributed by atoms with Crippen LogP contribution in [0.2, 0.25) is 0 Å². The number of phenols is 1. The van der Waals surface area contributed by atoms with Crippen molar-refractivity contribution in [2.45, 2.75) is 30.1 Å². The highest BCUT2D eigenvalue weighted by atomic mass is 35.5. The number of H-pyrrole nitrogens is 2. The number of hydrogen-bond acceptors (Lipinski definition) is 5. The van der Waals surface area contributed by atoms with Crippen molar-refractivity contribution in [3.63, 3.8) is 0 Å². The Bertz CT molecular complexity index is 1910. The van der Waals surface area contributed by atoms with Crippen LogP contribution in [0.1, 0.15) is 51.9 Å². The maximum Gasteiger partial charge on any atom is 0.274 e. The molecule has 2 aliphatic rings. The van der Waals surface area contributed by atoms with Crippen LogP contribution in [0.25, 0.3) is 21.8 Å². The number of carbonyl (C=O) groups is 2. The summed E-state index contributed by atoms with van der Waals surface area (Å²) < 4.78 is 0. The molecule has 0 unspecified atom stereocenters. The SMILES string of the molecule is CC1(C)CSc2c(O)cc3c(c21)[C@H](CCl)CN3C(=O)c1cc2cc(NC(=O)c3cc4cc(N)ccc4[nH]3)ccc2[nH]1. The van der Waals surface area contributed by atoms with Crippen molar-refractivity contribution in [3.05, 3.63) is 77.1 Å². The van der Waals surface area contributed by atoms with Crippen molar-refractivity contribution < 1.29 is 14.7 Å². The molecular weight excluding hydrogens is 558 g/mol. The van der Waals surface area contributed by atoms with Gasteiger partial charge in [-0.1, -0.05) is 13.8 Å². The van der Waals surface area contributed by atoms with Crippen molar-refractivity contribution in [1.82, 2.24) is 9.97 Å². The molecule has 5 aromatic rings. The van der Waals surface area contributed by atoms with E-state index in [1.807, 2.05) is 24.3 Å². The zero-order valence-electron chi connectivity index (χ0n) is 22.5. The predicted molar refractivity (Wildman–Crippen MR) is 166 cm³/mol. The molecule has 0 fully saturated rings. The summed E-state index contributed by atoms with van der Waals surface area (Å²) in [5.74, 6) is 0.966. The number of alkyl halides is 1. The van der Waals surface area contributed by atoms with Gasteiger partial charge in [-0.3, -0.25) is 9.59 Å². The number of thioether (sulfide) groups is 1. The third-order valence-corrected chi connectivity index (χ3v) is 10.0. The largest absolute Gasteiger partial charge is 0.507 e. The third kappa shape index (κ3) is 4.14. The summed E-state index contributed by atoms with van der Waals surface area (Å²) in [4.78, 5) is 35.8. The van der Waals surface area contributed by atoms with Crippen LogP contribution in [-0.4, -0.2) is 45.1 Å². The molecule has 8 nitrogen and oxygen atoms in total. The maximum atomic E-state index is 13.9. The lowest BCUT2D eigenvalue weighted by atomic mass is 9.80. The molecule has 0 saturated carbocycles. The number of benzene rings is 3. The number of nitrogens with zero attached hydrogens (tertiary/aromatic N) is 1. The lowest BCUT2D eigenvalue weighted by Gasteiger charge is -2.24.